The Bertz CT molecular complexity index is 709. The van der Waals surface area contributed by atoms with Gasteiger partial charge in [-0.15, -0.1) is 0 Å². The number of carbonyl (C=O) groups is 1. The molecule has 1 fully saturated rings. The molecule has 26 heavy (non-hydrogen) atoms. The lowest BCUT2D eigenvalue weighted by Crippen LogP contribution is -2.48. The fraction of sp³-hybridized carbons (Fsp3) is 0.409. The minimum absolute atomic E-state index is 0.123. The van der Waals surface area contributed by atoms with Gasteiger partial charge in [0.15, 0.2) is 0 Å². The summed E-state index contributed by atoms with van der Waals surface area (Å²) in [7, 11) is 0. The van der Waals surface area contributed by atoms with Crippen molar-refractivity contribution in [3.63, 3.8) is 0 Å². The van der Waals surface area contributed by atoms with E-state index >= 15 is 0 Å². The maximum atomic E-state index is 13.3. The average molecular weight is 416 g/mol. The molecule has 138 valence electrons. The summed E-state index contributed by atoms with van der Waals surface area (Å²) in [4.78, 5) is 13.3. The minimum atomic E-state index is -0.492. The molecule has 3 rings (SSSR count). The number of rotatable bonds is 6. The number of benzene rings is 2. The van der Waals surface area contributed by atoms with Gasteiger partial charge in [0.05, 0.1) is 5.41 Å². The molecule has 0 saturated carbocycles. The molecular weight excluding hydrogens is 390 g/mol. The van der Waals surface area contributed by atoms with Crippen molar-refractivity contribution in [2.24, 2.45) is 0 Å². The first-order valence-corrected chi connectivity index (χ1v) is 10.1. The Balaban J connectivity index is 1.77. The second kappa shape index (κ2) is 8.83. The molecule has 2 aromatic rings. The van der Waals surface area contributed by atoms with Crippen LogP contribution in [0.2, 0.25) is 0 Å². The summed E-state index contributed by atoms with van der Waals surface area (Å²) in [5.74, 6) is 0.458. The van der Waals surface area contributed by atoms with Crippen LogP contribution in [0.3, 0.4) is 0 Å². The maximum absolute atomic E-state index is 13.3. The first-order chi connectivity index (χ1) is 12.7. The second-order valence-electron chi connectivity index (χ2n) is 6.93. The van der Waals surface area contributed by atoms with E-state index in [1.165, 1.54) is 5.56 Å². The van der Waals surface area contributed by atoms with E-state index in [1.54, 1.807) is 0 Å². The first-order valence-electron chi connectivity index (χ1n) is 9.33. The molecule has 3 nitrogen and oxygen atoms in total. The predicted molar refractivity (Wildman–Crippen MR) is 108 cm³/mol. The molecule has 0 spiro atoms. The van der Waals surface area contributed by atoms with Crippen LogP contribution in [0.4, 0.5) is 0 Å². The lowest BCUT2D eigenvalue weighted by molar-refractivity contribution is -0.130. The molecule has 0 aliphatic carbocycles. The fourth-order valence-electron chi connectivity index (χ4n) is 3.74. The summed E-state index contributed by atoms with van der Waals surface area (Å²) >= 11 is 3.48. The van der Waals surface area contributed by atoms with Gasteiger partial charge < -0.3 is 10.1 Å². The third-order valence-corrected chi connectivity index (χ3v) is 5.98. The Morgan fingerprint density at radius 2 is 1.77 bits per heavy atom. The van der Waals surface area contributed by atoms with Crippen LogP contribution in [0.5, 0.6) is 0 Å². The van der Waals surface area contributed by atoms with Crippen molar-refractivity contribution in [2.45, 2.75) is 37.5 Å². The molecule has 4 heteroatoms. The van der Waals surface area contributed by atoms with E-state index in [0.29, 0.717) is 25.7 Å². The largest absolute Gasteiger partial charge is 0.381 e. The summed E-state index contributed by atoms with van der Waals surface area (Å²) < 4.78 is 6.57. The van der Waals surface area contributed by atoms with Gasteiger partial charge in [0.1, 0.15) is 0 Å². The Morgan fingerprint density at radius 1 is 1.12 bits per heavy atom. The molecule has 1 atom stereocenters. The smallest absolute Gasteiger partial charge is 0.230 e. The van der Waals surface area contributed by atoms with Gasteiger partial charge in [-0.1, -0.05) is 65.3 Å². The molecule has 1 heterocycles. The normalized spacial score (nSPS) is 17.5. The van der Waals surface area contributed by atoms with E-state index in [2.05, 4.69) is 64.6 Å². The standard InChI is InChI=1S/C22H26BrNO2/c1-2-17(18-6-4-3-5-7-18)16-24-21(25)22(12-14-26-15-13-22)19-8-10-20(23)11-9-19/h3-11,17H,2,12-16H2,1H3,(H,24,25). The highest BCUT2D eigenvalue weighted by atomic mass is 79.9. The molecule has 1 N–H and O–H groups in total. The van der Waals surface area contributed by atoms with Gasteiger partial charge in [0, 0.05) is 30.1 Å². The molecule has 1 aliphatic heterocycles. The Labute approximate surface area is 164 Å². The molecule has 0 aromatic heterocycles. The van der Waals surface area contributed by atoms with Crippen molar-refractivity contribution in [1.29, 1.82) is 0 Å². The summed E-state index contributed by atoms with van der Waals surface area (Å²) in [6.45, 7) is 4.08. The average Bonchev–Trinajstić information content (AvgIpc) is 2.70. The van der Waals surface area contributed by atoms with Gasteiger partial charge in [-0.25, -0.2) is 0 Å². The second-order valence-corrected chi connectivity index (χ2v) is 7.84. The Morgan fingerprint density at radius 3 is 2.38 bits per heavy atom. The predicted octanol–water partition coefficient (Wildman–Crippen LogP) is 4.81. The van der Waals surface area contributed by atoms with Gasteiger partial charge in [0.25, 0.3) is 0 Å². The number of ether oxygens (including phenoxy) is 1. The number of halogens is 1. The topological polar surface area (TPSA) is 38.3 Å². The van der Waals surface area contributed by atoms with Crippen LogP contribution < -0.4 is 5.32 Å². The lowest BCUT2D eigenvalue weighted by atomic mass is 9.73. The van der Waals surface area contributed by atoms with Crippen molar-refractivity contribution in [2.75, 3.05) is 19.8 Å². The van der Waals surface area contributed by atoms with Crippen LogP contribution in [0.1, 0.15) is 43.2 Å². The summed E-state index contributed by atoms with van der Waals surface area (Å²) in [6.07, 6.45) is 2.45. The van der Waals surface area contributed by atoms with Gasteiger partial charge in [-0.05, 0) is 42.5 Å². The van der Waals surface area contributed by atoms with Gasteiger partial charge in [-0.3, -0.25) is 4.79 Å². The van der Waals surface area contributed by atoms with E-state index in [0.717, 1.165) is 29.3 Å². The highest BCUT2D eigenvalue weighted by Gasteiger charge is 2.41. The van der Waals surface area contributed by atoms with Crippen LogP contribution in [0.15, 0.2) is 59.1 Å². The quantitative estimate of drug-likeness (QED) is 0.734. The van der Waals surface area contributed by atoms with Crippen LogP contribution in [-0.4, -0.2) is 25.7 Å². The molecule has 2 aromatic carbocycles. The number of hydrogen-bond donors (Lipinski definition) is 1. The third kappa shape index (κ3) is 4.18. The van der Waals surface area contributed by atoms with Gasteiger partial charge in [-0.2, -0.15) is 0 Å². The van der Waals surface area contributed by atoms with E-state index < -0.39 is 5.41 Å². The van der Waals surface area contributed by atoms with Crippen molar-refractivity contribution in [3.05, 3.63) is 70.2 Å². The highest BCUT2D eigenvalue weighted by molar-refractivity contribution is 9.10. The third-order valence-electron chi connectivity index (χ3n) is 5.45. The van der Waals surface area contributed by atoms with Crippen molar-refractivity contribution in [1.82, 2.24) is 5.32 Å². The summed E-state index contributed by atoms with van der Waals surface area (Å²) in [5.41, 5.74) is 1.86. The van der Waals surface area contributed by atoms with Gasteiger partial charge >= 0.3 is 0 Å². The molecule has 0 bridgehead atoms. The summed E-state index contributed by atoms with van der Waals surface area (Å²) in [6, 6.07) is 18.6. The monoisotopic (exact) mass is 415 g/mol. The first kappa shape index (κ1) is 19.1. The zero-order valence-electron chi connectivity index (χ0n) is 15.2. The number of nitrogens with one attached hydrogen (secondary N) is 1. The molecule has 1 saturated heterocycles. The van der Waals surface area contributed by atoms with Crippen LogP contribution >= 0.6 is 15.9 Å². The lowest BCUT2D eigenvalue weighted by Gasteiger charge is -2.36. The van der Waals surface area contributed by atoms with E-state index in [9.17, 15) is 4.79 Å². The maximum Gasteiger partial charge on any atom is 0.230 e. The molecule has 1 amide bonds. The zero-order chi connectivity index (χ0) is 18.4. The fourth-order valence-corrected chi connectivity index (χ4v) is 4.01. The molecule has 1 aliphatic rings. The minimum Gasteiger partial charge on any atom is -0.381 e. The van der Waals surface area contributed by atoms with E-state index in [1.807, 2.05) is 18.2 Å². The Kier molecular flexibility index (Phi) is 6.49. The zero-order valence-corrected chi connectivity index (χ0v) is 16.8. The number of hydrogen-bond acceptors (Lipinski definition) is 2. The Hall–Kier alpha value is -1.65. The van der Waals surface area contributed by atoms with Crippen molar-refractivity contribution >= 4 is 21.8 Å². The van der Waals surface area contributed by atoms with E-state index in [4.69, 9.17) is 4.74 Å². The SMILES string of the molecule is CCC(CNC(=O)C1(c2ccc(Br)cc2)CCOCC1)c1ccccc1. The van der Waals surface area contributed by atoms with Gasteiger partial charge in [0.2, 0.25) is 5.91 Å². The van der Waals surface area contributed by atoms with Crippen LogP contribution in [0, 0.1) is 0 Å². The van der Waals surface area contributed by atoms with Crippen molar-refractivity contribution < 1.29 is 9.53 Å². The van der Waals surface area contributed by atoms with Crippen molar-refractivity contribution in [3.8, 4) is 0 Å². The molecule has 0 radical (unpaired) electrons. The molecular formula is C22H26BrNO2. The van der Waals surface area contributed by atoms with Crippen LogP contribution in [-0.2, 0) is 14.9 Å². The molecule has 1 unspecified atom stereocenters. The highest BCUT2D eigenvalue weighted by Crippen LogP contribution is 2.36. The summed E-state index contributed by atoms with van der Waals surface area (Å²) in [5, 5.41) is 3.25. The van der Waals surface area contributed by atoms with Crippen LogP contribution in [0.25, 0.3) is 0 Å². The number of carbonyl (C=O) groups excluding carboxylic acids is 1. The number of amides is 1. The van der Waals surface area contributed by atoms with E-state index in [-0.39, 0.29) is 5.91 Å².